The number of hydrogen-bond acceptors (Lipinski definition) is 8. The van der Waals surface area contributed by atoms with Crippen LogP contribution in [-0.2, 0) is 12.3 Å². The lowest BCUT2D eigenvalue weighted by atomic mass is 10.1. The zero-order valence-corrected chi connectivity index (χ0v) is 22.1. The molecular weight excluding hydrogens is 474 g/mol. The van der Waals surface area contributed by atoms with Crippen LogP contribution in [0.25, 0.3) is 11.4 Å². The predicted octanol–water partition coefficient (Wildman–Crippen LogP) is 6.90. The van der Waals surface area contributed by atoms with Gasteiger partial charge in [-0.1, -0.05) is 46.6 Å². The van der Waals surface area contributed by atoms with Crippen LogP contribution in [0.4, 0.5) is 13.9 Å². The Kier molecular flexibility index (Phi) is 11.5. The maximum Gasteiger partial charge on any atom is 0.302 e. The summed E-state index contributed by atoms with van der Waals surface area (Å²) in [5.41, 5.74) is 2.14. The molecule has 0 radical (unpaired) electrons. The molecule has 0 aromatic carbocycles. The monoisotopic (exact) mass is 508 g/mol. The lowest BCUT2D eigenvalue weighted by Gasteiger charge is -2.14. The summed E-state index contributed by atoms with van der Waals surface area (Å²) in [5.74, 6) is -2.38. The number of guanidine groups is 1. The van der Waals surface area contributed by atoms with Gasteiger partial charge in [0.2, 0.25) is 0 Å². The number of nitrogens with one attached hydrogen (secondary N) is 2. The van der Waals surface area contributed by atoms with Gasteiger partial charge in [0.1, 0.15) is 11.4 Å². The highest BCUT2D eigenvalue weighted by molar-refractivity contribution is 7.14. The average Bonchev–Trinajstić information content (AvgIpc) is 3.53. The molecule has 1 aliphatic heterocycles. The van der Waals surface area contributed by atoms with Gasteiger partial charge in [-0.15, -0.1) is 22.7 Å². The number of aryl methyl sites for hydroxylation is 1. The number of anilines is 1. The van der Waals surface area contributed by atoms with E-state index in [0.717, 1.165) is 30.8 Å². The molecule has 0 spiro atoms. The third-order valence-corrected chi connectivity index (χ3v) is 6.45. The smallest absolute Gasteiger partial charge is 0.302 e. The minimum absolute atomic E-state index is 0.216. The van der Waals surface area contributed by atoms with Crippen molar-refractivity contribution in [3.8, 4) is 11.4 Å². The van der Waals surface area contributed by atoms with Crippen LogP contribution in [0.1, 0.15) is 63.2 Å². The number of unbranched alkanes of at least 4 members (excludes halogenated alkanes) is 1. The lowest BCUT2D eigenvalue weighted by molar-refractivity contribution is -0.00419. The Bertz CT molecular complexity index is 1030. The summed E-state index contributed by atoms with van der Waals surface area (Å²) in [6, 6.07) is 3.34. The molecule has 10 heteroatoms. The van der Waals surface area contributed by atoms with Gasteiger partial charge in [0.05, 0.1) is 0 Å². The molecule has 3 aromatic rings. The first-order valence-electron chi connectivity index (χ1n) is 11.7. The van der Waals surface area contributed by atoms with Gasteiger partial charge < -0.3 is 10.6 Å². The maximum absolute atomic E-state index is 14.7. The second kappa shape index (κ2) is 14.1. The first kappa shape index (κ1) is 27.8. The zero-order valence-electron chi connectivity index (χ0n) is 20.5. The van der Waals surface area contributed by atoms with Crippen LogP contribution in [0.3, 0.4) is 0 Å². The van der Waals surface area contributed by atoms with E-state index < -0.39 is 12.3 Å². The quantitative estimate of drug-likeness (QED) is 0.379. The van der Waals surface area contributed by atoms with Crippen molar-refractivity contribution in [3.63, 3.8) is 0 Å². The molecule has 2 N–H and O–H groups in total. The Hall–Kier alpha value is -2.46. The fourth-order valence-corrected chi connectivity index (χ4v) is 4.24. The summed E-state index contributed by atoms with van der Waals surface area (Å²) in [6.07, 6.45) is 4.82. The van der Waals surface area contributed by atoms with Crippen LogP contribution in [-0.4, -0.2) is 34.0 Å². The van der Waals surface area contributed by atoms with Crippen LogP contribution in [0, 0.1) is 6.92 Å². The van der Waals surface area contributed by atoms with Gasteiger partial charge in [0.25, 0.3) is 0 Å². The number of hydrogen-bond donors (Lipinski definition) is 2. The SMILES string of the molecule is CC.CCCC.Cc1ncccc1CC(F)(F)c1nc(-c2csc(NC3=NCCCN3)n2)cs1. The summed E-state index contributed by atoms with van der Waals surface area (Å²) >= 11 is 2.33. The Morgan fingerprint density at radius 2 is 1.79 bits per heavy atom. The largest absolute Gasteiger partial charge is 0.356 e. The van der Waals surface area contributed by atoms with E-state index in [0.29, 0.717) is 33.7 Å². The summed E-state index contributed by atoms with van der Waals surface area (Å²) in [4.78, 5) is 17.0. The topological polar surface area (TPSA) is 75.1 Å². The van der Waals surface area contributed by atoms with Gasteiger partial charge in [-0.3, -0.25) is 9.98 Å². The normalized spacial score (nSPS) is 13.0. The third-order valence-electron chi connectivity index (χ3n) is 4.74. The molecule has 0 amide bonds. The van der Waals surface area contributed by atoms with Crippen LogP contribution in [0.5, 0.6) is 0 Å². The van der Waals surface area contributed by atoms with Gasteiger partial charge in [0.15, 0.2) is 16.1 Å². The molecule has 6 nitrogen and oxygen atoms in total. The number of halogens is 2. The molecule has 0 unspecified atom stereocenters. The van der Waals surface area contributed by atoms with Crippen molar-refractivity contribution in [2.24, 2.45) is 4.99 Å². The van der Waals surface area contributed by atoms with Gasteiger partial charge in [-0.05, 0) is 25.0 Å². The molecule has 4 heterocycles. The van der Waals surface area contributed by atoms with Gasteiger partial charge in [0, 0.05) is 42.2 Å². The maximum atomic E-state index is 14.7. The van der Waals surface area contributed by atoms with Crippen molar-refractivity contribution in [3.05, 3.63) is 45.4 Å². The molecular formula is C24H34F2N6S2. The zero-order chi connectivity index (χ0) is 25.0. The van der Waals surface area contributed by atoms with E-state index in [1.807, 2.05) is 13.8 Å². The Balaban J connectivity index is 0.000000618. The van der Waals surface area contributed by atoms with E-state index in [1.165, 1.54) is 24.2 Å². The Labute approximate surface area is 209 Å². The van der Waals surface area contributed by atoms with E-state index in [9.17, 15) is 8.78 Å². The van der Waals surface area contributed by atoms with Crippen molar-refractivity contribution in [2.45, 2.75) is 66.2 Å². The summed E-state index contributed by atoms with van der Waals surface area (Å²) in [7, 11) is 0. The summed E-state index contributed by atoms with van der Waals surface area (Å²) < 4.78 is 29.5. The van der Waals surface area contributed by atoms with E-state index in [1.54, 1.807) is 36.0 Å². The molecule has 0 aliphatic carbocycles. The van der Waals surface area contributed by atoms with Crippen molar-refractivity contribution in [2.75, 3.05) is 18.4 Å². The van der Waals surface area contributed by atoms with Crippen molar-refractivity contribution >= 4 is 33.8 Å². The number of thiazole rings is 2. The van der Waals surface area contributed by atoms with Crippen LogP contribution < -0.4 is 10.6 Å². The lowest BCUT2D eigenvalue weighted by Crippen LogP contribution is -2.35. The van der Waals surface area contributed by atoms with Crippen LogP contribution in [0.2, 0.25) is 0 Å². The van der Waals surface area contributed by atoms with Gasteiger partial charge >= 0.3 is 5.92 Å². The van der Waals surface area contributed by atoms with Gasteiger partial charge in [-0.25, -0.2) is 9.97 Å². The molecule has 0 bridgehead atoms. The number of nitrogens with zero attached hydrogens (tertiary/aromatic N) is 4. The van der Waals surface area contributed by atoms with Crippen LogP contribution in [0.15, 0.2) is 34.1 Å². The number of pyridine rings is 1. The van der Waals surface area contributed by atoms with Crippen molar-refractivity contribution < 1.29 is 8.78 Å². The summed E-state index contributed by atoms with van der Waals surface area (Å²) in [6.45, 7) is 11.7. The number of aliphatic imine (C=N–C) groups is 1. The van der Waals surface area contributed by atoms with E-state index >= 15 is 0 Å². The highest BCUT2D eigenvalue weighted by Gasteiger charge is 2.36. The predicted molar refractivity (Wildman–Crippen MR) is 140 cm³/mol. The molecule has 186 valence electrons. The van der Waals surface area contributed by atoms with Gasteiger partial charge in [-0.2, -0.15) is 8.78 Å². The standard InChI is InChI=1S/C18H18F2N6S2.C4H10.C2H6/c1-11-12(4-2-5-21-11)8-18(19,20)15-24-13(9-27-15)14-10-28-17(25-14)26-16-22-6-3-7-23-16;1-3-4-2;1-2/h2,4-5,9-10H,3,6-8H2,1H3,(H2,22,23,25,26);3-4H2,1-2H3;1-2H3. The van der Waals surface area contributed by atoms with Crippen LogP contribution >= 0.6 is 22.7 Å². The van der Waals surface area contributed by atoms with E-state index in [4.69, 9.17) is 0 Å². The van der Waals surface area contributed by atoms with E-state index in [-0.39, 0.29) is 5.01 Å². The molecule has 0 fully saturated rings. The minimum Gasteiger partial charge on any atom is -0.356 e. The highest BCUT2D eigenvalue weighted by Crippen LogP contribution is 2.37. The first-order chi connectivity index (χ1) is 16.4. The fourth-order valence-electron chi connectivity index (χ4n) is 2.74. The third kappa shape index (κ3) is 8.09. The molecule has 1 aliphatic rings. The average molecular weight is 509 g/mol. The number of rotatable bonds is 6. The second-order valence-electron chi connectivity index (χ2n) is 7.34. The summed E-state index contributed by atoms with van der Waals surface area (Å²) in [5, 5.41) is 10.1. The second-order valence-corrected chi connectivity index (χ2v) is 9.06. The molecule has 4 rings (SSSR count). The molecule has 3 aromatic heterocycles. The highest BCUT2D eigenvalue weighted by atomic mass is 32.1. The van der Waals surface area contributed by atoms with Crippen molar-refractivity contribution in [1.29, 1.82) is 0 Å². The van der Waals surface area contributed by atoms with E-state index in [2.05, 4.69) is 44.4 Å². The molecule has 0 saturated heterocycles. The number of alkyl halides is 2. The molecule has 0 saturated carbocycles. The Morgan fingerprint density at radius 3 is 2.44 bits per heavy atom. The Morgan fingerprint density at radius 1 is 1.09 bits per heavy atom. The number of aromatic nitrogens is 3. The van der Waals surface area contributed by atoms with Crippen molar-refractivity contribution in [1.82, 2.24) is 20.3 Å². The first-order valence-corrected chi connectivity index (χ1v) is 13.4. The minimum atomic E-state index is -3.06. The molecule has 0 atom stereocenters. The molecule has 34 heavy (non-hydrogen) atoms. The fraction of sp³-hybridized carbons (Fsp3) is 0.500.